The summed E-state index contributed by atoms with van der Waals surface area (Å²) in [7, 11) is 0. The Bertz CT molecular complexity index is 267. The smallest absolute Gasteiger partial charge is 0.331 e. The minimum absolute atomic E-state index is 0.232. The molecule has 0 fully saturated rings. The second kappa shape index (κ2) is 6.78. The lowest BCUT2D eigenvalue weighted by Gasteiger charge is -2.13. The third-order valence-electron chi connectivity index (χ3n) is 1.47. The molecule has 0 spiro atoms. The molecule has 0 aliphatic heterocycles. The first kappa shape index (κ1) is 13.4. The number of aliphatic hydroxyl groups is 1. The lowest BCUT2D eigenvalue weighted by atomic mass is 10.2. The summed E-state index contributed by atoms with van der Waals surface area (Å²) in [6.07, 6.45) is 1.86. The topological polar surface area (TPSA) is 83.8 Å². The zero-order chi connectivity index (χ0) is 11.8. The number of rotatable bonds is 6. The van der Waals surface area contributed by atoms with Crippen LogP contribution in [0.1, 0.15) is 13.3 Å². The van der Waals surface area contributed by atoms with Gasteiger partial charge < -0.3 is 14.9 Å². The van der Waals surface area contributed by atoms with Crippen LogP contribution in [0.15, 0.2) is 24.8 Å². The minimum atomic E-state index is -1.22. The van der Waals surface area contributed by atoms with Gasteiger partial charge in [0.15, 0.2) is 0 Å². The Kier molecular flexibility index (Phi) is 6.05. The predicted octanol–water partition coefficient (Wildman–Crippen LogP) is 0.496. The SMILES string of the molecule is C=CC(CC(C)O)OC(=O)/C=C\C(=O)O. The lowest BCUT2D eigenvalue weighted by molar-refractivity contribution is -0.142. The van der Waals surface area contributed by atoms with Crippen LogP contribution in [0.2, 0.25) is 0 Å². The number of aliphatic hydroxyl groups excluding tert-OH is 1. The number of ether oxygens (including phenoxy) is 1. The van der Waals surface area contributed by atoms with E-state index in [0.717, 1.165) is 6.08 Å². The molecule has 0 aromatic heterocycles. The normalized spacial score (nSPS) is 14.5. The molecule has 0 radical (unpaired) electrons. The van der Waals surface area contributed by atoms with Gasteiger partial charge in [-0.25, -0.2) is 9.59 Å². The fourth-order valence-electron chi connectivity index (χ4n) is 0.856. The summed E-state index contributed by atoms with van der Waals surface area (Å²) in [5.41, 5.74) is 0. The Balaban J connectivity index is 4.12. The van der Waals surface area contributed by atoms with Crippen molar-refractivity contribution >= 4 is 11.9 Å². The van der Waals surface area contributed by atoms with E-state index in [1.54, 1.807) is 6.92 Å². The number of carbonyl (C=O) groups is 2. The van der Waals surface area contributed by atoms with Crippen molar-refractivity contribution in [2.75, 3.05) is 0 Å². The summed E-state index contributed by atoms with van der Waals surface area (Å²) in [6.45, 7) is 4.99. The van der Waals surface area contributed by atoms with Crippen molar-refractivity contribution in [2.45, 2.75) is 25.6 Å². The van der Waals surface area contributed by atoms with E-state index in [1.165, 1.54) is 6.08 Å². The summed E-state index contributed by atoms with van der Waals surface area (Å²) in [5.74, 6) is -2.00. The predicted molar refractivity (Wildman–Crippen MR) is 53.2 cm³/mol. The molecule has 0 saturated heterocycles. The monoisotopic (exact) mass is 214 g/mol. The number of hydrogen-bond acceptors (Lipinski definition) is 4. The molecule has 0 aromatic carbocycles. The van der Waals surface area contributed by atoms with E-state index in [0.29, 0.717) is 6.08 Å². The van der Waals surface area contributed by atoms with Gasteiger partial charge in [0.1, 0.15) is 6.10 Å². The lowest BCUT2D eigenvalue weighted by Crippen LogP contribution is -2.19. The van der Waals surface area contributed by atoms with Crippen molar-refractivity contribution in [2.24, 2.45) is 0 Å². The highest BCUT2D eigenvalue weighted by atomic mass is 16.5. The van der Waals surface area contributed by atoms with E-state index in [9.17, 15) is 9.59 Å². The number of carboxylic acid groups (broad SMARTS) is 1. The second-order valence-electron chi connectivity index (χ2n) is 2.97. The van der Waals surface area contributed by atoms with Crippen LogP contribution in [-0.4, -0.2) is 34.4 Å². The number of hydrogen-bond donors (Lipinski definition) is 2. The van der Waals surface area contributed by atoms with Crippen LogP contribution in [0, 0.1) is 0 Å². The first-order valence-corrected chi connectivity index (χ1v) is 4.38. The third kappa shape index (κ3) is 7.45. The van der Waals surface area contributed by atoms with Gasteiger partial charge in [0.2, 0.25) is 0 Å². The van der Waals surface area contributed by atoms with Crippen molar-refractivity contribution in [3.8, 4) is 0 Å². The number of esters is 1. The Morgan fingerprint density at radius 3 is 2.47 bits per heavy atom. The first-order valence-electron chi connectivity index (χ1n) is 4.38. The highest BCUT2D eigenvalue weighted by Gasteiger charge is 2.11. The summed E-state index contributed by atoms with van der Waals surface area (Å²) < 4.78 is 4.79. The molecule has 0 aliphatic carbocycles. The van der Waals surface area contributed by atoms with Gasteiger partial charge in [-0.15, -0.1) is 0 Å². The Morgan fingerprint density at radius 1 is 1.47 bits per heavy atom. The van der Waals surface area contributed by atoms with Crippen molar-refractivity contribution in [3.05, 3.63) is 24.8 Å². The van der Waals surface area contributed by atoms with Crippen molar-refractivity contribution in [3.63, 3.8) is 0 Å². The maximum absolute atomic E-state index is 11.0. The largest absolute Gasteiger partial charge is 0.478 e. The molecule has 0 amide bonds. The van der Waals surface area contributed by atoms with Crippen LogP contribution in [0.4, 0.5) is 0 Å². The van der Waals surface area contributed by atoms with Crippen LogP contribution in [0.5, 0.6) is 0 Å². The molecule has 0 heterocycles. The van der Waals surface area contributed by atoms with E-state index in [2.05, 4.69) is 6.58 Å². The summed E-state index contributed by atoms with van der Waals surface area (Å²) in [6, 6.07) is 0. The summed E-state index contributed by atoms with van der Waals surface area (Å²) >= 11 is 0. The molecule has 2 N–H and O–H groups in total. The zero-order valence-electron chi connectivity index (χ0n) is 8.42. The molecule has 5 heteroatoms. The third-order valence-corrected chi connectivity index (χ3v) is 1.47. The molecule has 84 valence electrons. The summed E-state index contributed by atoms with van der Waals surface area (Å²) in [4.78, 5) is 21.1. The second-order valence-corrected chi connectivity index (χ2v) is 2.97. The number of carbonyl (C=O) groups excluding carboxylic acids is 1. The fourth-order valence-corrected chi connectivity index (χ4v) is 0.856. The Hall–Kier alpha value is -1.62. The molecule has 0 aromatic rings. The molecular weight excluding hydrogens is 200 g/mol. The van der Waals surface area contributed by atoms with Gasteiger partial charge in [-0.2, -0.15) is 0 Å². The quantitative estimate of drug-likeness (QED) is 0.382. The number of carboxylic acids is 1. The average molecular weight is 214 g/mol. The molecule has 2 unspecified atom stereocenters. The molecule has 0 bridgehead atoms. The fraction of sp³-hybridized carbons (Fsp3) is 0.400. The molecule has 5 nitrogen and oxygen atoms in total. The number of aliphatic carboxylic acids is 1. The molecule has 0 aliphatic rings. The van der Waals surface area contributed by atoms with Crippen LogP contribution < -0.4 is 0 Å². The van der Waals surface area contributed by atoms with Gasteiger partial charge in [-0.1, -0.05) is 12.7 Å². The highest BCUT2D eigenvalue weighted by molar-refractivity contribution is 5.90. The Labute approximate surface area is 87.7 Å². The van der Waals surface area contributed by atoms with Crippen molar-refractivity contribution < 1.29 is 24.5 Å². The first-order chi connectivity index (χ1) is 6.95. The van der Waals surface area contributed by atoms with E-state index >= 15 is 0 Å². The molecule has 15 heavy (non-hydrogen) atoms. The maximum atomic E-state index is 11.0. The molecular formula is C10H14O5. The maximum Gasteiger partial charge on any atom is 0.331 e. The van der Waals surface area contributed by atoms with Crippen LogP contribution >= 0.6 is 0 Å². The molecule has 2 atom stereocenters. The highest BCUT2D eigenvalue weighted by Crippen LogP contribution is 2.04. The zero-order valence-corrected chi connectivity index (χ0v) is 8.42. The van der Waals surface area contributed by atoms with E-state index in [4.69, 9.17) is 14.9 Å². The minimum Gasteiger partial charge on any atom is -0.478 e. The van der Waals surface area contributed by atoms with E-state index < -0.39 is 24.1 Å². The van der Waals surface area contributed by atoms with E-state index in [-0.39, 0.29) is 6.42 Å². The van der Waals surface area contributed by atoms with Gasteiger partial charge in [-0.3, -0.25) is 0 Å². The van der Waals surface area contributed by atoms with Crippen molar-refractivity contribution in [1.82, 2.24) is 0 Å². The van der Waals surface area contributed by atoms with E-state index in [1.807, 2.05) is 0 Å². The molecule has 0 rings (SSSR count). The van der Waals surface area contributed by atoms with Crippen LogP contribution in [0.3, 0.4) is 0 Å². The summed E-state index contributed by atoms with van der Waals surface area (Å²) in [5, 5.41) is 17.3. The van der Waals surface area contributed by atoms with Gasteiger partial charge in [0.25, 0.3) is 0 Å². The standard InChI is InChI=1S/C10H14O5/c1-3-8(6-7(2)11)15-10(14)5-4-9(12)13/h3-5,7-8,11H,1,6H2,2H3,(H,12,13)/b5-4-. The van der Waals surface area contributed by atoms with Gasteiger partial charge in [-0.05, 0) is 6.92 Å². The van der Waals surface area contributed by atoms with Crippen LogP contribution in [-0.2, 0) is 14.3 Å². The Morgan fingerprint density at radius 2 is 2.07 bits per heavy atom. The molecule has 0 saturated carbocycles. The van der Waals surface area contributed by atoms with Gasteiger partial charge in [0, 0.05) is 18.6 Å². The van der Waals surface area contributed by atoms with Gasteiger partial charge >= 0.3 is 11.9 Å². The average Bonchev–Trinajstić information content (AvgIpc) is 2.13. The van der Waals surface area contributed by atoms with Crippen LogP contribution in [0.25, 0.3) is 0 Å². The van der Waals surface area contributed by atoms with Crippen molar-refractivity contribution in [1.29, 1.82) is 0 Å². The van der Waals surface area contributed by atoms with Gasteiger partial charge in [0.05, 0.1) is 6.10 Å².